The lowest BCUT2D eigenvalue weighted by atomic mass is 9.91. The minimum Gasteiger partial charge on any atom is -0.459 e. The Morgan fingerprint density at radius 3 is 2.66 bits per heavy atom. The number of rotatable bonds is 6. The molecule has 1 aliphatic rings. The van der Waals surface area contributed by atoms with E-state index in [-0.39, 0.29) is 11.9 Å². The van der Waals surface area contributed by atoms with Crippen molar-refractivity contribution < 1.29 is 9.21 Å². The first kappa shape index (κ1) is 19.4. The quantitative estimate of drug-likeness (QED) is 0.632. The van der Waals surface area contributed by atoms with Crippen molar-refractivity contribution in [3.05, 3.63) is 84.4 Å². The molecule has 1 aromatic carbocycles. The smallest absolute Gasteiger partial charge is 0.295 e. The number of carbonyl (C=O) groups is 1. The molecule has 29 heavy (non-hydrogen) atoms. The summed E-state index contributed by atoms with van der Waals surface area (Å²) in [6, 6.07) is 19.9. The van der Waals surface area contributed by atoms with Crippen LogP contribution in [0.1, 0.15) is 29.5 Å². The maximum atomic E-state index is 13.2. The molecule has 3 aromatic rings. The van der Waals surface area contributed by atoms with Crippen LogP contribution in [0.2, 0.25) is 0 Å². The van der Waals surface area contributed by atoms with Gasteiger partial charge in [-0.3, -0.25) is 9.69 Å². The van der Waals surface area contributed by atoms with E-state index in [1.165, 1.54) is 5.56 Å². The molecule has 0 spiro atoms. The van der Waals surface area contributed by atoms with Crippen LogP contribution >= 0.6 is 0 Å². The van der Waals surface area contributed by atoms with Crippen molar-refractivity contribution in [1.82, 2.24) is 9.88 Å². The summed E-state index contributed by atoms with van der Waals surface area (Å²) < 4.78 is 5.40. The van der Waals surface area contributed by atoms with Gasteiger partial charge in [-0.25, -0.2) is 4.98 Å². The van der Waals surface area contributed by atoms with Crippen molar-refractivity contribution in [2.75, 3.05) is 24.5 Å². The van der Waals surface area contributed by atoms with Crippen LogP contribution in [-0.4, -0.2) is 41.5 Å². The summed E-state index contributed by atoms with van der Waals surface area (Å²) in [6.07, 6.45) is 5.24. The summed E-state index contributed by atoms with van der Waals surface area (Å²) in [7, 11) is 0. The molecule has 4 rings (SSSR count). The van der Waals surface area contributed by atoms with E-state index in [0.717, 1.165) is 32.5 Å². The van der Waals surface area contributed by atoms with Gasteiger partial charge in [-0.15, -0.1) is 0 Å². The standard InChI is InChI=1S/C24H27N3O2/c1-19-18-26(15-12-20-8-3-2-4-9-20)16-13-21(19)27(23-11-5-6-14-25-23)24(28)22-10-7-17-29-22/h2-11,14,17,19,21H,12-13,15-16,18H2,1H3/t19-,21+/m0/s1. The molecule has 150 valence electrons. The summed E-state index contributed by atoms with van der Waals surface area (Å²) in [5.74, 6) is 1.25. The topological polar surface area (TPSA) is 49.6 Å². The van der Waals surface area contributed by atoms with E-state index >= 15 is 0 Å². The summed E-state index contributed by atoms with van der Waals surface area (Å²) in [4.78, 5) is 22.0. The maximum absolute atomic E-state index is 13.2. The Morgan fingerprint density at radius 2 is 1.97 bits per heavy atom. The van der Waals surface area contributed by atoms with E-state index in [1.807, 2.05) is 23.1 Å². The number of furan rings is 1. The van der Waals surface area contributed by atoms with E-state index in [2.05, 4.69) is 47.1 Å². The third-order valence-corrected chi connectivity index (χ3v) is 5.68. The molecule has 0 radical (unpaired) electrons. The first-order valence-electron chi connectivity index (χ1n) is 10.3. The van der Waals surface area contributed by atoms with Gasteiger partial charge < -0.3 is 9.32 Å². The zero-order valence-corrected chi connectivity index (χ0v) is 16.8. The lowest BCUT2D eigenvalue weighted by Gasteiger charge is -2.42. The highest BCUT2D eigenvalue weighted by atomic mass is 16.3. The molecule has 2 aromatic heterocycles. The average Bonchev–Trinajstić information content (AvgIpc) is 3.30. The molecular formula is C24H27N3O2. The Labute approximate surface area is 172 Å². The van der Waals surface area contributed by atoms with Gasteiger partial charge in [0, 0.05) is 31.9 Å². The summed E-state index contributed by atoms with van der Waals surface area (Å²) >= 11 is 0. The van der Waals surface area contributed by atoms with Crippen molar-refractivity contribution in [3.63, 3.8) is 0 Å². The molecular weight excluding hydrogens is 362 g/mol. The number of hydrogen-bond donors (Lipinski definition) is 0. The number of likely N-dealkylation sites (tertiary alicyclic amines) is 1. The summed E-state index contributed by atoms with van der Waals surface area (Å²) in [6.45, 7) is 5.20. The van der Waals surface area contributed by atoms with E-state index in [1.54, 1.807) is 24.6 Å². The van der Waals surface area contributed by atoms with E-state index < -0.39 is 0 Å². The van der Waals surface area contributed by atoms with Crippen molar-refractivity contribution in [2.24, 2.45) is 5.92 Å². The van der Waals surface area contributed by atoms with Crippen LogP contribution in [0.15, 0.2) is 77.5 Å². The first-order chi connectivity index (χ1) is 14.2. The number of anilines is 1. The van der Waals surface area contributed by atoms with Crippen molar-refractivity contribution >= 4 is 11.7 Å². The van der Waals surface area contributed by atoms with Gasteiger partial charge in [0.25, 0.3) is 5.91 Å². The van der Waals surface area contributed by atoms with Crippen LogP contribution in [0.4, 0.5) is 5.82 Å². The van der Waals surface area contributed by atoms with Crippen molar-refractivity contribution in [2.45, 2.75) is 25.8 Å². The highest BCUT2D eigenvalue weighted by molar-refractivity contribution is 6.04. The third kappa shape index (κ3) is 4.57. The van der Waals surface area contributed by atoms with E-state index in [0.29, 0.717) is 17.5 Å². The Balaban J connectivity index is 1.47. The van der Waals surface area contributed by atoms with Crippen LogP contribution in [-0.2, 0) is 6.42 Å². The molecule has 1 fully saturated rings. The lowest BCUT2D eigenvalue weighted by Crippen LogP contribution is -2.53. The second kappa shape index (κ2) is 9.05. The zero-order chi connectivity index (χ0) is 20.1. The van der Waals surface area contributed by atoms with Gasteiger partial charge in [0.2, 0.25) is 0 Å². The molecule has 3 heterocycles. The second-order valence-electron chi connectivity index (χ2n) is 7.71. The van der Waals surface area contributed by atoms with Gasteiger partial charge in [-0.1, -0.05) is 43.3 Å². The van der Waals surface area contributed by atoms with Gasteiger partial charge in [-0.05, 0) is 48.6 Å². The highest BCUT2D eigenvalue weighted by Gasteiger charge is 2.35. The van der Waals surface area contributed by atoms with E-state index in [9.17, 15) is 4.79 Å². The number of benzene rings is 1. The maximum Gasteiger partial charge on any atom is 0.295 e. The zero-order valence-electron chi connectivity index (χ0n) is 16.8. The van der Waals surface area contributed by atoms with Crippen LogP contribution < -0.4 is 4.90 Å². The molecule has 5 nitrogen and oxygen atoms in total. The van der Waals surface area contributed by atoms with Gasteiger partial charge in [0.05, 0.1) is 6.26 Å². The summed E-state index contributed by atoms with van der Waals surface area (Å²) in [5, 5.41) is 0. The number of pyridine rings is 1. The van der Waals surface area contributed by atoms with Crippen LogP contribution in [0.25, 0.3) is 0 Å². The van der Waals surface area contributed by atoms with Crippen LogP contribution in [0.5, 0.6) is 0 Å². The second-order valence-corrected chi connectivity index (χ2v) is 7.71. The molecule has 0 bridgehead atoms. The van der Waals surface area contributed by atoms with Gasteiger partial charge in [0.15, 0.2) is 5.76 Å². The van der Waals surface area contributed by atoms with Gasteiger partial charge in [-0.2, -0.15) is 0 Å². The monoisotopic (exact) mass is 389 g/mol. The minimum absolute atomic E-state index is 0.0930. The fourth-order valence-electron chi connectivity index (χ4n) is 4.18. The Kier molecular flexibility index (Phi) is 6.06. The molecule has 1 amide bonds. The Hall–Kier alpha value is -2.92. The van der Waals surface area contributed by atoms with Crippen LogP contribution in [0, 0.1) is 5.92 Å². The first-order valence-corrected chi connectivity index (χ1v) is 10.3. The van der Waals surface area contributed by atoms with Crippen molar-refractivity contribution in [1.29, 1.82) is 0 Å². The minimum atomic E-state index is -0.122. The lowest BCUT2D eigenvalue weighted by molar-refractivity contribution is 0.0905. The Morgan fingerprint density at radius 1 is 1.14 bits per heavy atom. The normalized spacial score (nSPS) is 19.8. The number of hydrogen-bond acceptors (Lipinski definition) is 4. The third-order valence-electron chi connectivity index (χ3n) is 5.68. The molecule has 2 atom stereocenters. The predicted octanol–water partition coefficient (Wildman–Crippen LogP) is 4.27. The Bertz CT molecular complexity index is 896. The fraction of sp³-hybridized carbons (Fsp3) is 0.333. The predicted molar refractivity (Wildman–Crippen MR) is 114 cm³/mol. The number of carbonyl (C=O) groups excluding carboxylic acids is 1. The SMILES string of the molecule is C[C@H]1CN(CCc2ccccc2)CC[C@H]1N(C(=O)c1ccco1)c1ccccn1. The van der Waals surface area contributed by atoms with Gasteiger partial charge >= 0.3 is 0 Å². The molecule has 0 aliphatic carbocycles. The molecule has 0 N–H and O–H groups in total. The van der Waals surface area contributed by atoms with E-state index in [4.69, 9.17) is 4.42 Å². The van der Waals surface area contributed by atoms with Crippen LogP contribution in [0.3, 0.4) is 0 Å². The van der Waals surface area contributed by atoms with Gasteiger partial charge in [0.1, 0.15) is 5.82 Å². The largest absolute Gasteiger partial charge is 0.459 e. The number of nitrogens with zero attached hydrogens (tertiary/aromatic N) is 3. The summed E-state index contributed by atoms with van der Waals surface area (Å²) in [5.41, 5.74) is 1.37. The van der Waals surface area contributed by atoms with Crippen molar-refractivity contribution in [3.8, 4) is 0 Å². The number of amides is 1. The molecule has 0 unspecified atom stereocenters. The average molecular weight is 389 g/mol. The molecule has 1 saturated heterocycles. The molecule has 5 heteroatoms. The number of aromatic nitrogens is 1. The molecule has 0 saturated carbocycles. The molecule has 1 aliphatic heterocycles. The highest BCUT2D eigenvalue weighted by Crippen LogP contribution is 2.28. The number of piperidine rings is 1. The fourth-order valence-corrected chi connectivity index (χ4v) is 4.18.